The summed E-state index contributed by atoms with van der Waals surface area (Å²) in [5, 5.41) is 7.84. The monoisotopic (exact) mass is 488 g/mol. The Labute approximate surface area is 207 Å². The van der Waals surface area contributed by atoms with Crippen molar-refractivity contribution in [2.24, 2.45) is 0 Å². The third-order valence-corrected chi connectivity index (χ3v) is 6.27. The van der Waals surface area contributed by atoms with Gasteiger partial charge in [0, 0.05) is 16.3 Å². The molecular formula is C27H22ClFN4O2. The van der Waals surface area contributed by atoms with Crippen molar-refractivity contribution in [3.63, 3.8) is 0 Å². The average Bonchev–Trinajstić information content (AvgIpc) is 3.33. The Morgan fingerprint density at radius 1 is 1.00 bits per heavy atom. The maximum absolute atomic E-state index is 13.4. The first-order valence-electron chi connectivity index (χ1n) is 11.1. The van der Waals surface area contributed by atoms with Crippen molar-refractivity contribution in [2.75, 3.05) is 0 Å². The van der Waals surface area contributed by atoms with Crippen LogP contribution in [0.25, 0.3) is 17.0 Å². The highest BCUT2D eigenvalue weighted by molar-refractivity contribution is 6.30. The second kappa shape index (κ2) is 9.35. The number of nitrogens with zero attached hydrogens (tertiary/aromatic N) is 3. The molecule has 2 amide bonds. The molecule has 1 N–H and O–H groups in total. The van der Waals surface area contributed by atoms with Gasteiger partial charge in [0.2, 0.25) is 5.82 Å². The number of benzene rings is 3. The smallest absolute Gasteiger partial charge is 0.322 e. The molecule has 0 spiro atoms. The summed E-state index contributed by atoms with van der Waals surface area (Å²) in [5.74, 6) is 0.432. The number of amides is 2. The first-order chi connectivity index (χ1) is 16.9. The van der Waals surface area contributed by atoms with Crippen LogP contribution in [-0.4, -0.2) is 21.1 Å². The molecule has 1 aromatic heterocycles. The lowest BCUT2D eigenvalue weighted by atomic mass is 9.94. The molecule has 1 atom stereocenters. The number of aromatic nitrogens is 2. The van der Waals surface area contributed by atoms with E-state index in [0.717, 1.165) is 22.3 Å². The molecule has 35 heavy (non-hydrogen) atoms. The molecule has 0 saturated heterocycles. The molecule has 1 aliphatic rings. The van der Waals surface area contributed by atoms with Gasteiger partial charge in [-0.05, 0) is 49.2 Å². The molecular weight excluding hydrogens is 467 g/mol. The average molecular weight is 489 g/mol. The van der Waals surface area contributed by atoms with Crippen LogP contribution < -0.4 is 5.32 Å². The van der Waals surface area contributed by atoms with Gasteiger partial charge in [0.15, 0.2) is 0 Å². The molecule has 0 radical (unpaired) electrons. The van der Waals surface area contributed by atoms with Crippen LogP contribution in [0.3, 0.4) is 0 Å². The van der Waals surface area contributed by atoms with Gasteiger partial charge >= 0.3 is 6.03 Å². The predicted molar refractivity (Wildman–Crippen MR) is 132 cm³/mol. The maximum Gasteiger partial charge on any atom is 0.322 e. The lowest BCUT2D eigenvalue weighted by Gasteiger charge is -2.35. The third-order valence-electron chi connectivity index (χ3n) is 6.02. The van der Waals surface area contributed by atoms with Gasteiger partial charge in [0.1, 0.15) is 5.82 Å². The summed E-state index contributed by atoms with van der Waals surface area (Å²) in [6, 6.07) is 20.3. The van der Waals surface area contributed by atoms with Crippen molar-refractivity contribution in [1.29, 1.82) is 0 Å². The lowest BCUT2D eigenvalue weighted by Crippen LogP contribution is -2.45. The standard InChI is InChI=1S/C27H22ClFN4O2/c1-16-3-7-20(8-4-16)25-31-26(35-32-25)23-17(2)33(15-18-5-13-22(29)14-6-18)27(34)30-24(23)19-9-11-21(28)12-10-19/h3-14,24H,15H2,1-2H3,(H,30,34). The Balaban J connectivity index is 1.58. The number of halogens is 2. The number of hydrogen-bond donors (Lipinski definition) is 1. The second-order valence-electron chi connectivity index (χ2n) is 8.43. The van der Waals surface area contributed by atoms with Crippen LogP contribution in [0.1, 0.15) is 35.5 Å². The van der Waals surface area contributed by atoms with Crippen LogP contribution in [-0.2, 0) is 6.54 Å². The SMILES string of the molecule is CC1=C(c2nc(-c3ccc(C)cc3)no2)C(c2ccc(Cl)cc2)NC(=O)N1Cc1ccc(F)cc1. The molecule has 0 aliphatic carbocycles. The zero-order valence-corrected chi connectivity index (χ0v) is 19.9. The molecule has 4 aromatic rings. The molecule has 0 fully saturated rings. The van der Waals surface area contributed by atoms with Gasteiger partial charge in [-0.15, -0.1) is 0 Å². The second-order valence-corrected chi connectivity index (χ2v) is 8.87. The zero-order chi connectivity index (χ0) is 24.5. The maximum atomic E-state index is 13.4. The summed E-state index contributed by atoms with van der Waals surface area (Å²) in [6.07, 6.45) is 0. The minimum atomic E-state index is -0.518. The molecule has 3 aromatic carbocycles. The van der Waals surface area contributed by atoms with Crippen molar-refractivity contribution in [3.05, 3.63) is 112 Å². The molecule has 5 rings (SSSR count). The normalized spacial score (nSPS) is 15.9. The van der Waals surface area contributed by atoms with Gasteiger partial charge in [-0.25, -0.2) is 9.18 Å². The largest absolute Gasteiger partial charge is 0.334 e. The van der Waals surface area contributed by atoms with Gasteiger partial charge in [-0.1, -0.05) is 70.9 Å². The van der Waals surface area contributed by atoms with E-state index in [1.54, 1.807) is 29.2 Å². The summed E-state index contributed by atoms with van der Waals surface area (Å²) < 4.78 is 19.1. The van der Waals surface area contributed by atoms with E-state index in [2.05, 4.69) is 15.5 Å². The summed E-state index contributed by atoms with van der Waals surface area (Å²) >= 11 is 6.09. The van der Waals surface area contributed by atoms with E-state index in [1.807, 2.05) is 50.2 Å². The Bertz CT molecular complexity index is 1400. The van der Waals surface area contributed by atoms with Crippen molar-refractivity contribution in [3.8, 4) is 11.4 Å². The van der Waals surface area contributed by atoms with E-state index in [4.69, 9.17) is 16.1 Å². The summed E-state index contributed by atoms with van der Waals surface area (Å²) in [4.78, 5) is 19.4. The third kappa shape index (κ3) is 4.68. The van der Waals surface area contributed by atoms with E-state index in [9.17, 15) is 9.18 Å². The number of urea groups is 1. The molecule has 0 bridgehead atoms. The first-order valence-corrected chi connectivity index (χ1v) is 11.5. The number of aryl methyl sites for hydroxylation is 1. The number of rotatable bonds is 5. The van der Waals surface area contributed by atoms with E-state index in [0.29, 0.717) is 28.0 Å². The molecule has 1 unspecified atom stereocenters. The van der Waals surface area contributed by atoms with E-state index in [-0.39, 0.29) is 18.4 Å². The van der Waals surface area contributed by atoms with Crippen LogP contribution in [0.5, 0.6) is 0 Å². The highest BCUT2D eigenvalue weighted by atomic mass is 35.5. The van der Waals surface area contributed by atoms with E-state index in [1.165, 1.54) is 12.1 Å². The van der Waals surface area contributed by atoms with Crippen molar-refractivity contribution in [2.45, 2.75) is 26.4 Å². The zero-order valence-electron chi connectivity index (χ0n) is 19.1. The molecule has 6 nitrogen and oxygen atoms in total. The summed E-state index contributed by atoms with van der Waals surface area (Å²) in [5.41, 5.74) is 4.92. The quantitative estimate of drug-likeness (QED) is 0.346. The Hall–Kier alpha value is -3.97. The Morgan fingerprint density at radius 2 is 1.69 bits per heavy atom. The minimum Gasteiger partial charge on any atom is -0.334 e. The van der Waals surface area contributed by atoms with Gasteiger partial charge in [-0.2, -0.15) is 4.98 Å². The number of hydrogen-bond acceptors (Lipinski definition) is 4. The van der Waals surface area contributed by atoms with Gasteiger partial charge in [0.05, 0.1) is 18.2 Å². The fourth-order valence-electron chi connectivity index (χ4n) is 4.08. The Morgan fingerprint density at radius 3 is 2.37 bits per heavy atom. The highest BCUT2D eigenvalue weighted by Crippen LogP contribution is 2.38. The van der Waals surface area contributed by atoms with Crippen LogP contribution in [0.4, 0.5) is 9.18 Å². The van der Waals surface area contributed by atoms with Crippen LogP contribution in [0.2, 0.25) is 5.02 Å². The summed E-state index contributed by atoms with van der Waals surface area (Å²) in [7, 11) is 0. The van der Waals surface area contributed by atoms with Crippen molar-refractivity contribution in [1.82, 2.24) is 20.4 Å². The molecule has 1 aliphatic heterocycles. The van der Waals surface area contributed by atoms with Gasteiger partial charge in [0.25, 0.3) is 5.89 Å². The van der Waals surface area contributed by atoms with E-state index >= 15 is 0 Å². The van der Waals surface area contributed by atoms with Gasteiger partial charge in [-0.3, -0.25) is 4.90 Å². The highest BCUT2D eigenvalue weighted by Gasteiger charge is 2.35. The number of carbonyl (C=O) groups excluding carboxylic acids is 1. The summed E-state index contributed by atoms with van der Waals surface area (Å²) in [6.45, 7) is 4.11. The lowest BCUT2D eigenvalue weighted by molar-refractivity contribution is 0.203. The predicted octanol–water partition coefficient (Wildman–Crippen LogP) is 6.54. The number of allylic oxidation sites excluding steroid dienone is 1. The Kier molecular flexibility index (Phi) is 6.09. The molecule has 8 heteroatoms. The van der Waals surface area contributed by atoms with Crippen molar-refractivity contribution < 1.29 is 13.7 Å². The number of nitrogens with one attached hydrogen (secondary N) is 1. The fourth-order valence-corrected chi connectivity index (χ4v) is 4.21. The number of carbonyl (C=O) groups is 1. The molecule has 0 saturated carbocycles. The van der Waals surface area contributed by atoms with E-state index < -0.39 is 6.04 Å². The molecule has 176 valence electrons. The minimum absolute atomic E-state index is 0.258. The first kappa shape index (κ1) is 22.8. The van der Waals surface area contributed by atoms with Gasteiger partial charge < -0.3 is 9.84 Å². The van der Waals surface area contributed by atoms with Crippen molar-refractivity contribution >= 4 is 23.2 Å². The van der Waals surface area contributed by atoms with Crippen LogP contribution >= 0.6 is 11.6 Å². The van der Waals surface area contributed by atoms with Crippen LogP contribution in [0.15, 0.2) is 83.0 Å². The van der Waals surface area contributed by atoms with Crippen LogP contribution in [0, 0.1) is 12.7 Å². The molecule has 2 heterocycles. The fraction of sp³-hybridized carbons (Fsp3) is 0.148. The topological polar surface area (TPSA) is 71.3 Å².